The number of H-pyrrole nitrogens is 1. The Morgan fingerprint density at radius 2 is 1.86 bits per heavy atom. The number of benzene rings is 1. The quantitative estimate of drug-likeness (QED) is 0.736. The van der Waals surface area contributed by atoms with Gasteiger partial charge in [0.05, 0.1) is 5.69 Å². The van der Waals surface area contributed by atoms with Gasteiger partial charge >= 0.3 is 5.69 Å². The monoisotopic (exact) mass is 197 g/mol. The van der Waals surface area contributed by atoms with Crippen molar-refractivity contribution < 1.29 is 8.78 Å². The molecule has 0 saturated carbocycles. The van der Waals surface area contributed by atoms with Crippen LogP contribution >= 0.6 is 0 Å². The Morgan fingerprint density at radius 1 is 1.21 bits per heavy atom. The van der Waals surface area contributed by atoms with Gasteiger partial charge in [-0.05, 0) is 12.1 Å². The van der Waals surface area contributed by atoms with E-state index in [9.17, 15) is 13.6 Å². The van der Waals surface area contributed by atoms with E-state index in [0.29, 0.717) is 0 Å². The number of hydrogen-bond donors (Lipinski definition) is 1. The Bertz CT molecular complexity index is 497. The van der Waals surface area contributed by atoms with Crippen molar-refractivity contribution in [3.8, 4) is 5.69 Å². The number of rotatable bonds is 1. The fourth-order valence-corrected chi connectivity index (χ4v) is 1.11. The third-order valence-electron chi connectivity index (χ3n) is 1.68. The van der Waals surface area contributed by atoms with E-state index < -0.39 is 17.3 Å². The second kappa shape index (κ2) is 3.06. The van der Waals surface area contributed by atoms with Crippen molar-refractivity contribution in [3.05, 3.63) is 46.6 Å². The zero-order chi connectivity index (χ0) is 10.1. The van der Waals surface area contributed by atoms with Crippen LogP contribution in [0.1, 0.15) is 0 Å². The molecule has 0 saturated heterocycles. The molecular weight excluding hydrogens is 192 g/mol. The molecule has 0 radical (unpaired) electrons. The van der Waals surface area contributed by atoms with Crippen LogP contribution in [0.3, 0.4) is 0 Å². The molecule has 0 atom stereocenters. The highest BCUT2D eigenvalue weighted by atomic mass is 19.1. The Kier molecular flexibility index (Phi) is 1.88. The third-order valence-corrected chi connectivity index (χ3v) is 1.68. The normalized spacial score (nSPS) is 10.4. The smallest absolute Gasteiger partial charge is 0.250 e. The standard InChI is InChI=1S/C8H5F2N3O/c9-5-1-6(10)3-7(2-5)13-4-11-12-8(13)14/h1-4H,(H,12,14). The SMILES string of the molecule is O=c1[nH]ncn1-c1cc(F)cc(F)c1. The third kappa shape index (κ3) is 1.41. The van der Waals surface area contributed by atoms with E-state index in [-0.39, 0.29) is 5.69 Å². The average Bonchev–Trinajstić information content (AvgIpc) is 2.49. The second-order valence-corrected chi connectivity index (χ2v) is 2.66. The number of aromatic amines is 1. The van der Waals surface area contributed by atoms with E-state index in [0.717, 1.165) is 29.1 Å². The zero-order valence-corrected chi connectivity index (χ0v) is 6.87. The first-order valence-corrected chi connectivity index (χ1v) is 3.75. The van der Waals surface area contributed by atoms with Crippen molar-refractivity contribution in [3.63, 3.8) is 0 Å². The predicted octanol–water partition coefficient (Wildman–Crippen LogP) is 0.839. The van der Waals surface area contributed by atoms with E-state index in [1.165, 1.54) is 0 Å². The second-order valence-electron chi connectivity index (χ2n) is 2.66. The van der Waals surface area contributed by atoms with Gasteiger partial charge < -0.3 is 0 Å². The van der Waals surface area contributed by atoms with Crippen LogP contribution in [0.25, 0.3) is 5.69 Å². The van der Waals surface area contributed by atoms with E-state index in [1.807, 2.05) is 0 Å². The summed E-state index contributed by atoms with van der Waals surface area (Å²) in [6.45, 7) is 0. The molecule has 0 unspecified atom stereocenters. The van der Waals surface area contributed by atoms with Crippen molar-refractivity contribution in [1.29, 1.82) is 0 Å². The van der Waals surface area contributed by atoms with Crippen LogP contribution < -0.4 is 5.69 Å². The van der Waals surface area contributed by atoms with E-state index >= 15 is 0 Å². The summed E-state index contributed by atoms with van der Waals surface area (Å²) in [7, 11) is 0. The average molecular weight is 197 g/mol. The summed E-state index contributed by atoms with van der Waals surface area (Å²) >= 11 is 0. The summed E-state index contributed by atoms with van der Waals surface area (Å²) in [5.74, 6) is -1.48. The van der Waals surface area contributed by atoms with Crippen LogP contribution in [0.4, 0.5) is 8.78 Å². The van der Waals surface area contributed by atoms with Crippen molar-refractivity contribution in [2.75, 3.05) is 0 Å². The molecule has 4 nitrogen and oxygen atoms in total. The van der Waals surface area contributed by atoms with Crippen molar-refractivity contribution in [1.82, 2.24) is 14.8 Å². The van der Waals surface area contributed by atoms with Gasteiger partial charge in [0.1, 0.15) is 18.0 Å². The topological polar surface area (TPSA) is 50.7 Å². The lowest BCUT2D eigenvalue weighted by Crippen LogP contribution is -2.14. The van der Waals surface area contributed by atoms with Gasteiger partial charge in [0.15, 0.2) is 0 Å². The minimum atomic E-state index is -0.742. The summed E-state index contributed by atoms with van der Waals surface area (Å²) in [6, 6.07) is 2.81. The maximum Gasteiger partial charge on any atom is 0.347 e. The number of nitrogens with one attached hydrogen (secondary N) is 1. The highest BCUT2D eigenvalue weighted by Gasteiger charge is 2.04. The minimum absolute atomic E-state index is 0.0984. The maximum atomic E-state index is 12.8. The van der Waals surface area contributed by atoms with Crippen LogP contribution in [0.15, 0.2) is 29.3 Å². The van der Waals surface area contributed by atoms with Gasteiger partial charge in [0.25, 0.3) is 0 Å². The lowest BCUT2D eigenvalue weighted by atomic mass is 10.3. The number of halogens is 2. The van der Waals surface area contributed by atoms with E-state index in [4.69, 9.17) is 0 Å². The molecule has 0 aliphatic carbocycles. The number of hydrogen-bond acceptors (Lipinski definition) is 2. The molecule has 2 aromatic rings. The maximum absolute atomic E-state index is 12.8. The molecule has 2 rings (SSSR count). The zero-order valence-electron chi connectivity index (χ0n) is 6.87. The Morgan fingerprint density at radius 3 is 2.36 bits per heavy atom. The molecule has 0 amide bonds. The van der Waals surface area contributed by atoms with Crippen LogP contribution in [-0.2, 0) is 0 Å². The lowest BCUT2D eigenvalue weighted by molar-refractivity contribution is 0.581. The molecule has 1 aromatic carbocycles. The summed E-state index contributed by atoms with van der Waals surface area (Å²) < 4.78 is 26.5. The van der Waals surface area contributed by atoms with E-state index in [1.54, 1.807) is 0 Å². The van der Waals surface area contributed by atoms with Crippen LogP contribution in [0.5, 0.6) is 0 Å². The fraction of sp³-hybridized carbons (Fsp3) is 0. The Balaban J connectivity index is 2.63. The largest absolute Gasteiger partial charge is 0.347 e. The summed E-state index contributed by atoms with van der Waals surface area (Å²) in [6.07, 6.45) is 1.15. The summed E-state index contributed by atoms with van der Waals surface area (Å²) in [5, 5.41) is 5.56. The number of nitrogens with zero attached hydrogens (tertiary/aromatic N) is 2. The molecule has 72 valence electrons. The summed E-state index contributed by atoms with van der Waals surface area (Å²) in [4.78, 5) is 11.0. The van der Waals surface area contributed by atoms with Crippen molar-refractivity contribution >= 4 is 0 Å². The van der Waals surface area contributed by atoms with Gasteiger partial charge in [-0.25, -0.2) is 23.2 Å². The molecule has 0 aliphatic heterocycles. The molecular formula is C8H5F2N3O. The van der Waals surface area contributed by atoms with Gasteiger partial charge in [-0.1, -0.05) is 0 Å². The van der Waals surface area contributed by atoms with Crippen LogP contribution in [-0.4, -0.2) is 14.8 Å². The first-order chi connectivity index (χ1) is 6.66. The molecule has 1 heterocycles. The lowest BCUT2D eigenvalue weighted by Gasteiger charge is -1.99. The molecule has 6 heteroatoms. The van der Waals surface area contributed by atoms with Gasteiger partial charge in [-0.2, -0.15) is 5.10 Å². The van der Waals surface area contributed by atoms with Gasteiger partial charge in [0, 0.05) is 6.07 Å². The first kappa shape index (κ1) is 8.61. The molecule has 1 N–H and O–H groups in total. The van der Waals surface area contributed by atoms with Crippen molar-refractivity contribution in [2.45, 2.75) is 0 Å². The van der Waals surface area contributed by atoms with E-state index in [2.05, 4.69) is 10.2 Å². The van der Waals surface area contributed by atoms with Gasteiger partial charge in [-0.3, -0.25) is 0 Å². The Labute approximate surface area is 76.8 Å². The first-order valence-electron chi connectivity index (χ1n) is 3.75. The van der Waals surface area contributed by atoms with Crippen LogP contribution in [0.2, 0.25) is 0 Å². The van der Waals surface area contributed by atoms with Crippen LogP contribution in [0, 0.1) is 11.6 Å². The minimum Gasteiger partial charge on any atom is -0.250 e. The highest BCUT2D eigenvalue weighted by molar-refractivity contribution is 5.32. The molecule has 0 bridgehead atoms. The molecule has 0 aliphatic rings. The number of aromatic nitrogens is 3. The van der Waals surface area contributed by atoms with Gasteiger partial charge in [-0.15, -0.1) is 0 Å². The predicted molar refractivity (Wildman–Crippen MR) is 44.1 cm³/mol. The molecule has 0 spiro atoms. The molecule has 14 heavy (non-hydrogen) atoms. The van der Waals surface area contributed by atoms with Gasteiger partial charge in [0.2, 0.25) is 0 Å². The summed E-state index contributed by atoms with van der Waals surface area (Å²) in [5.41, 5.74) is -0.448. The highest BCUT2D eigenvalue weighted by Crippen LogP contribution is 2.10. The molecule has 1 aromatic heterocycles. The molecule has 0 fully saturated rings. The van der Waals surface area contributed by atoms with Crippen molar-refractivity contribution in [2.24, 2.45) is 0 Å². The fourth-order valence-electron chi connectivity index (χ4n) is 1.11. The Hall–Kier alpha value is -1.98.